The summed E-state index contributed by atoms with van der Waals surface area (Å²) in [4.78, 5) is 13.0. The molecule has 0 amide bonds. The van der Waals surface area contributed by atoms with Gasteiger partial charge in [0.1, 0.15) is 0 Å². The average molecular weight is 563 g/mol. The lowest BCUT2D eigenvalue weighted by Gasteiger charge is -2.23. The third-order valence-corrected chi connectivity index (χ3v) is 9.17. The lowest BCUT2D eigenvalue weighted by molar-refractivity contribution is -0.138. The summed E-state index contributed by atoms with van der Waals surface area (Å²) in [6.45, 7) is 1.95. The van der Waals surface area contributed by atoms with Crippen LogP contribution in [-0.2, 0) is 16.0 Å². The van der Waals surface area contributed by atoms with Gasteiger partial charge in [-0.05, 0) is 71.2 Å². The molecule has 0 aliphatic rings. The van der Waals surface area contributed by atoms with Gasteiger partial charge in [-0.25, -0.2) is 13.6 Å². The average Bonchev–Trinajstić information content (AvgIpc) is 3.01. The highest BCUT2D eigenvalue weighted by atomic mass is 31.1. The maximum atomic E-state index is 14.9. The molecule has 5 aromatic carbocycles. The number of hydrogen-bond acceptors (Lipinski definition) is 2. The largest absolute Gasteiger partial charge is 0.463 e. The number of hydrogen-bond donors (Lipinski definition) is 0. The fourth-order valence-electron chi connectivity index (χ4n) is 4.82. The summed E-state index contributed by atoms with van der Waals surface area (Å²) < 4.78 is 35.0. The van der Waals surface area contributed by atoms with E-state index in [-0.39, 0.29) is 13.0 Å². The van der Waals surface area contributed by atoms with Gasteiger partial charge in [-0.3, -0.25) is 0 Å². The number of carbonyl (C=O) groups excluding carboxylic acids is 1. The normalized spacial score (nSPS) is 11.5. The zero-order chi connectivity index (χ0) is 28.6. The first-order valence-corrected chi connectivity index (χ1v) is 14.8. The molecule has 0 bridgehead atoms. The van der Waals surface area contributed by atoms with Gasteiger partial charge in [0.05, 0.1) is 6.61 Å². The lowest BCUT2D eigenvalue weighted by atomic mass is 9.93. The van der Waals surface area contributed by atoms with Crippen LogP contribution in [0, 0.1) is 11.6 Å². The summed E-state index contributed by atoms with van der Waals surface area (Å²) in [5, 5.41) is 3.29. The van der Waals surface area contributed by atoms with Gasteiger partial charge in [0.15, 0.2) is 11.6 Å². The molecule has 0 atom stereocenters. The molecule has 0 aliphatic carbocycles. The molecule has 0 N–H and O–H groups in total. The number of ether oxygens (including phenoxy) is 1. The second-order valence-electron chi connectivity index (χ2n) is 9.42. The van der Waals surface area contributed by atoms with Crippen molar-refractivity contribution in [1.82, 2.24) is 0 Å². The van der Waals surface area contributed by atoms with E-state index < -0.39 is 25.5 Å². The predicted octanol–water partition coefficient (Wildman–Crippen LogP) is 7.58. The van der Waals surface area contributed by atoms with Crippen molar-refractivity contribution < 1.29 is 18.3 Å². The number of esters is 1. The van der Waals surface area contributed by atoms with Gasteiger partial charge in [-0.2, -0.15) is 0 Å². The highest BCUT2D eigenvalue weighted by Crippen LogP contribution is 2.38. The smallest absolute Gasteiger partial charge is 0.334 e. The Hall–Kier alpha value is -4.40. The van der Waals surface area contributed by atoms with Crippen molar-refractivity contribution in [3.05, 3.63) is 156 Å². The second kappa shape index (κ2) is 13.3. The minimum Gasteiger partial charge on any atom is -0.463 e. The van der Waals surface area contributed by atoms with E-state index in [0.29, 0.717) is 16.7 Å². The molecule has 0 heterocycles. The molecule has 0 spiro atoms. The lowest BCUT2D eigenvalue weighted by Crippen LogP contribution is -2.22. The van der Waals surface area contributed by atoms with Crippen molar-refractivity contribution in [1.29, 1.82) is 0 Å². The van der Waals surface area contributed by atoms with E-state index in [1.807, 2.05) is 84.9 Å². The molecule has 0 aliphatic heterocycles. The minimum absolute atomic E-state index is 0.0726. The molecule has 0 aromatic heterocycles. The Morgan fingerprint density at radius 1 is 0.707 bits per heavy atom. The van der Waals surface area contributed by atoms with Crippen LogP contribution in [0.1, 0.15) is 18.1 Å². The van der Waals surface area contributed by atoms with Crippen molar-refractivity contribution in [3.63, 3.8) is 0 Å². The highest BCUT2D eigenvalue weighted by Gasteiger charge is 2.23. The van der Waals surface area contributed by atoms with Gasteiger partial charge in [-0.1, -0.05) is 115 Å². The second-order valence-corrected chi connectivity index (χ2v) is 11.6. The molecule has 204 valence electrons. The van der Waals surface area contributed by atoms with Crippen LogP contribution >= 0.6 is 7.92 Å². The van der Waals surface area contributed by atoms with Crippen LogP contribution in [0.25, 0.3) is 17.2 Å². The van der Waals surface area contributed by atoms with Gasteiger partial charge in [-0.15, -0.1) is 0 Å². The molecular weight excluding hydrogens is 533 g/mol. The monoisotopic (exact) mass is 562 g/mol. The number of carbonyl (C=O) groups is 1. The Morgan fingerprint density at radius 3 is 1.85 bits per heavy atom. The van der Waals surface area contributed by atoms with Gasteiger partial charge >= 0.3 is 5.97 Å². The zero-order valence-electron chi connectivity index (χ0n) is 22.6. The van der Waals surface area contributed by atoms with Crippen LogP contribution in [0.2, 0.25) is 0 Å². The molecule has 0 radical (unpaired) electrons. The Morgan fingerprint density at radius 2 is 1.24 bits per heavy atom. The van der Waals surface area contributed by atoms with Crippen LogP contribution in [0.4, 0.5) is 8.78 Å². The molecule has 5 heteroatoms. The van der Waals surface area contributed by atoms with Crippen LogP contribution in [0.15, 0.2) is 133 Å². The third-order valence-electron chi connectivity index (χ3n) is 6.67. The molecule has 5 aromatic rings. The molecule has 41 heavy (non-hydrogen) atoms. The molecule has 0 unspecified atom stereocenters. The standard InChI is InChI=1S/C36H29F2O2P/c1-2-40-36(39)28(22-26-14-6-3-7-15-26)23-27-24-33(37)34(38)25-32(27)31-20-12-13-21-35(31)41(29-16-8-4-9-17-29)30-18-10-5-11-19-30/h3-22,24-25H,2,23H2,1H3/b28-22+. The van der Waals surface area contributed by atoms with E-state index >= 15 is 0 Å². The van der Waals surface area contributed by atoms with Crippen molar-refractivity contribution in [2.24, 2.45) is 0 Å². The van der Waals surface area contributed by atoms with Crippen LogP contribution in [0.3, 0.4) is 0 Å². The summed E-state index contributed by atoms with van der Waals surface area (Å²) in [5.74, 6) is -2.39. The Bertz CT molecular complexity index is 1610. The summed E-state index contributed by atoms with van der Waals surface area (Å²) >= 11 is 0. The quantitative estimate of drug-likeness (QED) is 0.105. The molecular formula is C36H29F2O2P. The van der Waals surface area contributed by atoms with E-state index in [4.69, 9.17) is 4.74 Å². The molecule has 0 saturated carbocycles. The Labute approximate surface area is 240 Å². The van der Waals surface area contributed by atoms with E-state index in [0.717, 1.165) is 27.0 Å². The summed E-state index contributed by atoms with van der Waals surface area (Å²) in [6.07, 6.45) is 1.82. The first-order valence-electron chi connectivity index (χ1n) is 13.5. The number of rotatable bonds is 9. The van der Waals surface area contributed by atoms with Crippen molar-refractivity contribution in [2.45, 2.75) is 13.3 Å². The maximum absolute atomic E-state index is 14.9. The van der Waals surface area contributed by atoms with Gasteiger partial charge < -0.3 is 4.74 Å². The molecule has 2 nitrogen and oxygen atoms in total. The topological polar surface area (TPSA) is 26.3 Å². The van der Waals surface area contributed by atoms with E-state index in [1.165, 1.54) is 12.1 Å². The Kier molecular flexibility index (Phi) is 9.13. The van der Waals surface area contributed by atoms with E-state index in [9.17, 15) is 13.6 Å². The van der Waals surface area contributed by atoms with Gasteiger partial charge in [0.25, 0.3) is 0 Å². The summed E-state index contributed by atoms with van der Waals surface area (Å²) in [7, 11) is -1.02. The minimum atomic E-state index is -1.02. The predicted molar refractivity (Wildman–Crippen MR) is 165 cm³/mol. The first kappa shape index (κ1) is 28.1. The first-order chi connectivity index (χ1) is 20.0. The number of halogens is 2. The third kappa shape index (κ3) is 6.67. The van der Waals surface area contributed by atoms with Crippen molar-refractivity contribution in [2.75, 3.05) is 6.61 Å². The Balaban J connectivity index is 1.68. The molecule has 5 rings (SSSR count). The van der Waals surface area contributed by atoms with Gasteiger partial charge in [0, 0.05) is 12.0 Å². The van der Waals surface area contributed by atoms with E-state index in [2.05, 4.69) is 30.3 Å². The van der Waals surface area contributed by atoms with Crippen LogP contribution < -0.4 is 15.9 Å². The van der Waals surface area contributed by atoms with Crippen molar-refractivity contribution in [3.8, 4) is 11.1 Å². The summed E-state index contributed by atoms with van der Waals surface area (Å²) in [6, 6.07) is 40.2. The molecule has 0 saturated heterocycles. The van der Waals surface area contributed by atoms with Gasteiger partial charge in [0.2, 0.25) is 0 Å². The van der Waals surface area contributed by atoms with Crippen molar-refractivity contribution >= 4 is 35.9 Å². The van der Waals surface area contributed by atoms with Crippen LogP contribution in [-0.4, -0.2) is 12.6 Å². The highest BCUT2D eigenvalue weighted by molar-refractivity contribution is 7.80. The number of benzene rings is 5. The fourth-order valence-corrected chi connectivity index (χ4v) is 7.29. The molecule has 0 fully saturated rings. The van der Waals surface area contributed by atoms with E-state index in [1.54, 1.807) is 13.0 Å². The van der Waals surface area contributed by atoms with Crippen LogP contribution in [0.5, 0.6) is 0 Å². The maximum Gasteiger partial charge on any atom is 0.334 e. The zero-order valence-corrected chi connectivity index (χ0v) is 23.5. The SMILES string of the molecule is CCOC(=O)/C(=C/c1ccccc1)Cc1cc(F)c(F)cc1-c1ccccc1P(c1ccccc1)c1ccccc1. The fraction of sp³-hybridized carbons (Fsp3) is 0.0833. The summed E-state index contributed by atoms with van der Waals surface area (Å²) in [5.41, 5.74) is 3.01.